The van der Waals surface area contributed by atoms with Crippen LogP contribution in [0.25, 0.3) is 11.0 Å². The van der Waals surface area contributed by atoms with Gasteiger partial charge in [0.25, 0.3) is 0 Å². The van der Waals surface area contributed by atoms with E-state index in [1.54, 1.807) is 6.20 Å². The van der Waals surface area contributed by atoms with Crippen LogP contribution in [0, 0.1) is 5.41 Å². The molecule has 90 valence electrons. The van der Waals surface area contributed by atoms with Gasteiger partial charge in [0, 0.05) is 13.1 Å². The molecular formula is C11H16N6. The standard InChI is InChI=1S/C11H16N6/c1-11(2)3-4-17(6-11)9-7-5-13-16-8(7)14-10(12)15-9/h5H,3-4,6H2,1-2H3,(H3,12,13,14,15,16). The van der Waals surface area contributed by atoms with Gasteiger partial charge < -0.3 is 10.6 Å². The zero-order chi connectivity index (χ0) is 12.0. The first-order chi connectivity index (χ1) is 8.05. The van der Waals surface area contributed by atoms with Crippen molar-refractivity contribution >= 4 is 22.8 Å². The van der Waals surface area contributed by atoms with Crippen molar-refractivity contribution in [2.45, 2.75) is 20.3 Å². The van der Waals surface area contributed by atoms with E-state index in [1.807, 2.05) is 0 Å². The molecule has 2 aromatic heterocycles. The predicted molar refractivity (Wildman–Crippen MR) is 66.7 cm³/mol. The van der Waals surface area contributed by atoms with Crippen molar-refractivity contribution in [1.29, 1.82) is 0 Å². The third kappa shape index (κ3) is 1.69. The van der Waals surface area contributed by atoms with Crippen molar-refractivity contribution in [3.63, 3.8) is 0 Å². The van der Waals surface area contributed by atoms with E-state index in [2.05, 4.69) is 38.9 Å². The Morgan fingerprint density at radius 2 is 2.24 bits per heavy atom. The number of aromatic amines is 1. The highest BCUT2D eigenvalue weighted by atomic mass is 15.3. The van der Waals surface area contributed by atoms with Crippen LogP contribution in [0.15, 0.2) is 6.20 Å². The maximum absolute atomic E-state index is 5.72. The Hall–Kier alpha value is -1.85. The molecule has 6 heteroatoms. The van der Waals surface area contributed by atoms with E-state index in [0.717, 1.165) is 30.7 Å². The van der Waals surface area contributed by atoms with Gasteiger partial charge in [-0.2, -0.15) is 15.1 Å². The molecule has 0 atom stereocenters. The van der Waals surface area contributed by atoms with Gasteiger partial charge in [0.1, 0.15) is 5.82 Å². The van der Waals surface area contributed by atoms with Crippen molar-refractivity contribution in [1.82, 2.24) is 20.2 Å². The summed E-state index contributed by atoms with van der Waals surface area (Å²) in [6.45, 7) is 6.53. The second-order valence-electron chi connectivity index (χ2n) is 5.37. The van der Waals surface area contributed by atoms with E-state index in [1.165, 1.54) is 0 Å². The summed E-state index contributed by atoms with van der Waals surface area (Å²) in [4.78, 5) is 10.7. The lowest BCUT2D eigenvalue weighted by atomic mass is 9.93. The molecule has 17 heavy (non-hydrogen) atoms. The van der Waals surface area contributed by atoms with Gasteiger partial charge in [-0.1, -0.05) is 13.8 Å². The van der Waals surface area contributed by atoms with Crippen LogP contribution < -0.4 is 10.6 Å². The molecule has 3 rings (SSSR count). The molecule has 0 radical (unpaired) electrons. The van der Waals surface area contributed by atoms with E-state index in [-0.39, 0.29) is 0 Å². The molecule has 0 amide bonds. The largest absolute Gasteiger partial charge is 0.368 e. The van der Waals surface area contributed by atoms with E-state index in [0.29, 0.717) is 17.0 Å². The highest BCUT2D eigenvalue weighted by molar-refractivity contribution is 5.87. The molecule has 0 unspecified atom stereocenters. The van der Waals surface area contributed by atoms with Gasteiger partial charge in [-0.05, 0) is 11.8 Å². The number of nitrogen functional groups attached to an aromatic ring is 1. The number of fused-ring (bicyclic) bond motifs is 1. The normalized spacial score (nSPS) is 19.1. The number of nitrogens with zero attached hydrogens (tertiary/aromatic N) is 4. The minimum Gasteiger partial charge on any atom is -0.368 e. The molecule has 0 spiro atoms. The fourth-order valence-corrected chi connectivity index (χ4v) is 2.37. The molecule has 3 heterocycles. The minimum atomic E-state index is 0.293. The van der Waals surface area contributed by atoms with Crippen LogP contribution in [-0.2, 0) is 0 Å². The number of hydrogen-bond acceptors (Lipinski definition) is 5. The van der Waals surface area contributed by atoms with Gasteiger partial charge in [0.15, 0.2) is 5.65 Å². The van der Waals surface area contributed by atoms with Crippen LogP contribution >= 0.6 is 0 Å². The lowest BCUT2D eigenvalue weighted by Crippen LogP contribution is -2.24. The zero-order valence-electron chi connectivity index (χ0n) is 10.1. The van der Waals surface area contributed by atoms with Crippen molar-refractivity contribution in [2.24, 2.45) is 5.41 Å². The molecule has 0 aliphatic carbocycles. The number of hydrogen-bond donors (Lipinski definition) is 2. The van der Waals surface area contributed by atoms with Gasteiger partial charge in [-0.3, -0.25) is 5.10 Å². The molecule has 1 aliphatic rings. The maximum Gasteiger partial charge on any atom is 0.224 e. The van der Waals surface area contributed by atoms with Gasteiger partial charge in [-0.15, -0.1) is 0 Å². The van der Waals surface area contributed by atoms with Gasteiger partial charge >= 0.3 is 0 Å². The second kappa shape index (κ2) is 3.32. The third-order valence-electron chi connectivity index (χ3n) is 3.28. The average Bonchev–Trinajstić information content (AvgIpc) is 2.82. The predicted octanol–water partition coefficient (Wildman–Crippen LogP) is 1.17. The van der Waals surface area contributed by atoms with Crippen LogP contribution in [0.5, 0.6) is 0 Å². The number of aromatic nitrogens is 4. The molecule has 1 aliphatic heterocycles. The lowest BCUT2D eigenvalue weighted by molar-refractivity contribution is 0.418. The summed E-state index contributed by atoms with van der Waals surface area (Å²) in [6, 6.07) is 0. The smallest absolute Gasteiger partial charge is 0.224 e. The Morgan fingerprint density at radius 1 is 1.41 bits per heavy atom. The van der Waals surface area contributed by atoms with Gasteiger partial charge in [0.05, 0.1) is 11.6 Å². The molecule has 0 aromatic carbocycles. The number of nitrogens with one attached hydrogen (secondary N) is 1. The van der Waals surface area contributed by atoms with Crippen LogP contribution in [0.3, 0.4) is 0 Å². The number of anilines is 2. The molecule has 6 nitrogen and oxygen atoms in total. The Kier molecular flexibility index (Phi) is 2.01. The highest BCUT2D eigenvalue weighted by Crippen LogP contribution is 2.34. The van der Waals surface area contributed by atoms with Gasteiger partial charge in [-0.25, -0.2) is 0 Å². The summed E-state index contributed by atoms with van der Waals surface area (Å²) < 4.78 is 0. The first-order valence-electron chi connectivity index (χ1n) is 5.77. The highest BCUT2D eigenvalue weighted by Gasteiger charge is 2.31. The van der Waals surface area contributed by atoms with Crippen molar-refractivity contribution in [3.05, 3.63) is 6.20 Å². The second-order valence-corrected chi connectivity index (χ2v) is 5.37. The fraction of sp³-hybridized carbons (Fsp3) is 0.545. The molecule has 2 aromatic rings. The SMILES string of the molecule is CC1(C)CCN(c2nc(N)nc3[nH]ncc23)C1. The molecule has 1 fully saturated rings. The monoisotopic (exact) mass is 232 g/mol. The first-order valence-corrected chi connectivity index (χ1v) is 5.77. The van der Waals surface area contributed by atoms with Crippen LogP contribution in [0.2, 0.25) is 0 Å². The Labute approximate surface area is 99.2 Å². The van der Waals surface area contributed by atoms with Crippen LogP contribution in [-0.4, -0.2) is 33.3 Å². The minimum absolute atomic E-state index is 0.293. The van der Waals surface area contributed by atoms with Crippen molar-refractivity contribution < 1.29 is 0 Å². The average molecular weight is 232 g/mol. The third-order valence-corrected chi connectivity index (χ3v) is 3.28. The number of rotatable bonds is 1. The van der Waals surface area contributed by atoms with Crippen LogP contribution in [0.1, 0.15) is 20.3 Å². The van der Waals surface area contributed by atoms with E-state index in [4.69, 9.17) is 5.73 Å². The zero-order valence-corrected chi connectivity index (χ0v) is 10.1. The Bertz CT molecular complexity index is 558. The van der Waals surface area contributed by atoms with E-state index >= 15 is 0 Å². The Balaban J connectivity index is 2.08. The Morgan fingerprint density at radius 3 is 2.94 bits per heavy atom. The van der Waals surface area contributed by atoms with Crippen LogP contribution in [0.4, 0.5) is 11.8 Å². The summed E-state index contributed by atoms with van der Waals surface area (Å²) in [6.07, 6.45) is 2.92. The molecular weight excluding hydrogens is 216 g/mol. The topological polar surface area (TPSA) is 83.7 Å². The maximum atomic E-state index is 5.72. The van der Waals surface area contributed by atoms with E-state index in [9.17, 15) is 0 Å². The number of H-pyrrole nitrogens is 1. The molecule has 3 N–H and O–H groups in total. The fourth-order valence-electron chi connectivity index (χ4n) is 2.37. The summed E-state index contributed by atoms with van der Waals surface area (Å²) in [5, 5.41) is 7.78. The summed E-state index contributed by atoms with van der Waals surface area (Å²) in [7, 11) is 0. The molecule has 1 saturated heterocycles. The summed E-state index contributed by atoms with van der Waals surface area (Å²) in [5.74, 6) is 1.19. The van der Waals surface area contributed by atoms with Gasteiger partial charge in [0.2, 0.25) is 5.95 Å². The van der Waals surface area contributed by atoms with E-state index < -0.39 is 0 Å². The summed E-state index contributed by atoms with van der Waals surface area (Å²) >= 11 is 0. The quantitative estimate of drug-likeness (QED) is 0.771. The van der Waals surface area contributed by atoms with Crippen molar-refractivity contribution in [3.8, 4) is 0 Å². The lowest BCUT2D eigenvalue weighted by Gasteiger charge is -2.21. The molecule has 0 saturated carbocycles. The summed E-state index contributed by atoms with van der Waals surface area (Å²) in [5.41, 5.74) is 6.76. The number of nitrogens with two attached hydrogens (primary N) is 1. The molecule has 0 bridgehead atoms. The van der Waals surface area contributed by atoms with Crippen molar-refractivity contribution in [2.75, 3.05) is 23.7 Å². The first kappa shape index (κ1) is 10.3.